The number of imide groups is 2. The Balaban J connectivity index is 1.69. The van der Waals surface area contributed by atoms with E-state index in [9.17, 15) is 14.4 Å². The predicted molar refractivity (Wildman–Crippen MR) is 120 cm³/mol. The number of barbiturate groups is 1. The molecule has 1 N–H and O–H groups in total. The van der Waals surface area contributed by atoms with Crippen LogP contribution in [0.5, 0.6) is 0 Å². The van der Waals surface area contributed by atoms with Crippen molar-refractivity contribution in [2.24, 2.45) is 5.41 Å². The first-order chi connectivity index (χ1) is 14.9. The molecule has 3 aliphatic heterocycles. The summed E-state index contributed by atoms with van der Waals surface area (Å²) in [5, 5.41) is 3.01. The average Bonchev–Trinajstić information content (AvgIpc) is 3.01. The summed E-state index contributed by atoms with van der Waals surface area (Å²) in [7, 11) is 0. The first kappa shape index (κ1) is 20.3. The van der Waals surface area contributed by atoms with Gasteiger partial charge in [0, 0.05) is 17.3 Å². The first-order valence-electron chi connectivity index (χ1n) is 10.4. The third-order valence-corrected chi connectivity index (χ3v) is 7.21. The number of fused-ring (bicyclic) bond motifs is 4. The third-order valence-electron chi connectivity index (χ3n) is 6.65. The largest absolute Gasteiger partial charge is 0.367 e. The highest BCUT2D eigenvalue weighted by Gasteiger charge is 2.62. The zero-order valence-electron chi connectivity index (χ0n) is 16.7. The van der Waals surface area contributed by atoms with Gasteiger partial charge in [0.05, 0.1) is 16.8 Å². The number of anilines is 2. The van der Waals surface area contributed by atoms with Crippen LogP contribution in [0.1, 0.15) is 31.2 Å². The first-order valence-corrected chi connectivity index (χ1v) is 11.2. The number of nitrogens with zero attached hydrogens (tertiary/aromatic N) is 2. The smallest absolute Gasteiger partial charge is 0.335 e. The fourth-order valence-electron chi connectivity index (χ4n) is 5.25. The van der Waals surface area contributed by atoms with E-state index in [0.717, 1.165) is 42.0 Å². The van der Waals surface area contributed by atoms with Crippen LogP contribution in [0.15, 0.2) is 42.5 Å². The summed E-state index contributed by atoms with van der Waals surface area (Å²) < 4.78 is 0. The summed E-state index contributed by atoms with van der Waals surface area (Å²) in [5.74, 6) is -1.08. The van der Waals surface area contributed by atoms with Gasteiger partial charge in [-0.2, -0.15) is 0 Å². The Morgan fingerprint density at radius 3 is 2.61 bits per heavy atom. The lowest BCUT2D eigenvalue weighted by Gasteiger charge is -2.51. The Morgan fingerprint density at radius 1 is 0.968 bits per heavy atom. The molecule has 6 nitrogen and oxygen atoms in total. The van der Waals surface area contributed by atoms with Crippen molar-refractivity contribution in [3.8, 4) is 0 Å². The van der Waals surface area contributed by atoms with Crippen LogP contribution in [0.2, 0.25) is 10.0 Å². The van der Waals surface area contributed by atoms with Crippen LogP contribution in [-0.2, 0) is 16.0 Å². The molecule has 2 atom stereocenters. The SMILES string of the molecule is O=C1NC(=O)C2(Cc3ccccc3N3CCCCCC32)C(=O)N1c1cc(Cl)ccc1Cl. The lowest BCUT2D eigenvalue weighted by molar-refractivity contribution is -0.144. The van der Waals surface area contributed by atoms with Gasteiger partial charge in [0.25, 0.3) is 5.91 Å². The van der Waals surface area contributed by atoms with Crippen molar-refractivity contribution >= 4 is 52.4 Å². The molecule has 0 aromatic heterocycles. The zero-order valence-corrected chi connectivity index (χ0v) is 18.2. The van der Waals surface area contributed by atoms with E-state index in [1.165, 1.54) is 12.1 Å². The number of para-hydroxylation sites is 1. The third kappa shape index (κ3) is 3.04. The number of urea groups is 1. The Kier molecular flexibility index (Phi) is 4.94. The summed E-state index contributed by atoms with van der Waals surface area (Å²) >= 11 is 12.5. The molecule has 2 aromatic rings. The van der Waals surface area contributed by atoms with Gasteiger partial charge >= 0.3 is 6.03 Å². The van der Waals surface area contributed by atoms with E-state index < -0.39 is 23.3 Å². The molecule has 3 aliphatic rings. The lowest BCUT2D eigenvalue weighted by atomic mass is 9.67. The molecular weight excluding hydrogens is 437 g/mol. The predicted octanol–water partition coefficient (Wildman–Crippen LogP) is 4.57. The van der Waals surface area contributed by atoms with Crippen molar-refractivity contribution in [1.82, 2.24) is 5.32 Å². The van der Waals surface area contributed by atoms with Crippen LogP contribution < -0.4 is 15.1 Å². The topological polar surface area (TPSA) is 69.7 Å². The van der Waals surface area contributed by atoms with E-state index in [-0.39, 0.29) is 23.2 Å². The van der Waals surface area contributed by atoms with Crippen molar-refractivity contribution in [3.05, 3.63) is 58.1 Å². The van der Waals surface area contributed by atoms with Gasteiger partial charge in [0.1, 0.15) is 0 Å². The molecule has 2 unspecified atom stereocenters. The number of carbonyl (C=O) groups excluding carboxylic acids is 3. The molecule has 8 heteroatoms. The molecule has 1 spiro atoms. The number of hydrogen-bond acceptors (Lipinski definition) is 4. The maximum absolute atomic E-state index is 14.1. The van der Waals surface area contributed by atoms with Gasteiger partial charge in [-0.3, -0.25) is 14.9 Å². The van der Waals surface area contributed by atoms with Crippen LogP contribution in [0.4, 0.5) is 16.2 Å². The van der Waals surface area contributed by atoms with Crippen LogP contribution in [0.25, 0.3) is 0 Å². The van der Waals surface area contributed by atoms with E-state index in [1.807, 2.05) is 24.3 Å². The molecule has 31 heavy (non-hydrogen) atoms. The molecule has 5 rings (SSSR count). The zero-order chi connectivity index (χ0) is 21.8. The standard InChI is InChI=1S/C23H21Cl2N3O3/c24-15-9-10-16(25)18(12-15)28-21(30)23(20(29)26-22(28)31)13-14-6-3-4-7-17(14)27-11-5-1-2-8-19(23)27/h3-4,6-7,9-10,12,19H,1-2,5,8,11,13H2,(H,26,29,31). The fourth-order valence-corrected chi connectivity index (χ4v) is 5.62. The molecule has 0 aliphatic carbocycles. The van der Waals surface area contributed by atoms with Crippen molar-refractivity contribution in [2.45, 2.75) is 38.1 Å². The van der Waals surface area contributed by atoms with E-state index >= 15 is 0 Å². The van der Waals surface area contributed by atoms with Crippen LogP contribution in [-0.4, -0.2) is 30.4 Å². The van der Waals surface area contributed by atoms with Gasteiger partial charge in [-0.1, -0.05) is 54.2 Å². The highest BCUT2D eigenvalue weighted by atomic mass is 35.5. The molecule has 0 bridgehead atoms. The summed E-state index contributed by atoms with van der Waals surface area (Å²) in [4.78, 5) is 43.5. The molecule has 2 saturated heterocycles. The quantitative estimate of drug-likeness (QED) is 0.636. The number of carbonyl (C=O) groups is 3. The summed E-state index contributed by atoms with van der Waals surface area (Å²) in [6.07, 6.45) is 3.86. The maximum atomic E-state index is 14.1. The highest BCUT2D eigenvalue weighted by Crippen LogP contribution is 2.48. The maximum Gasteiger partial charge on any atom is 0.335 e. The van der Waals surface area contributed by atoms with Gasteiger partial charge in [-0.05, 0) is 49.1 Å². The molecule has 0 saturated carbocycles. The molecule has 2 fully saturated rings. The number of hydrogen-bond donors (Lipinski definition) is 1. The normalized spacial score (nSPS) is 25.7. The van der Waals surface area contributed by atoms with Gasteiger partial charge in [0.15, 0.2) is 5.41 Å². The van der Waals surface area contributed by atoms with E-state index in [1.54, 1.807) is 6.07 Å². The molecule has 0 radical (unpaired) electrons. The minimum absolute atomic E-state index is 0.183. The molecule has 2 aromatic carbocycles. The van der Waals surface area contributed by atoms with Crippen LogP contribution in [0, 0.1) is 5.41 Å². The Labute approximate surface area is 190 Å². The monoisotopic (exact) mass is 457 g/mol. The van der Waals surface area contributed by atoms with E-state index in [4.69, 9.17) is 23.2 Å². The second-order valence-electron chi connectivity index (χ2n) is 8.33. The molecule has 4 amide bonds. The average molecular weight is 458 g/mol. The fraction of sp³-hybridized carbons (Fsp3) is 0.348. The number of halogens is 2. The van der Waals surface area contributed by atoms with Crippen molar-refractivity contribution in [1.29, 1.82) is 0 Å². The van der Waals surface area contributed by atoms with Crippen LogP contribution in [0.3, 0.4) is 0 Å². The lowest BCUT2D eigenvalue weighted by Crippen LogP contribution is -2.72. The van der Waals surface area contributed by atoms with Gasteiger partial charge in [-0.15, -0.1) is 0 Å². The van der Waals surface area contributed by atoms with E-state index in [2.05, 4.69) is 10.2 Å². The van der Waals surface area contributed by atoms with Crippen molar-refractivity contribution in [2.75, 3.05) is 16.3 Å². The number of rotatable bonds is 1. The number of nitrogens with one attached hydrogen (secondary N) is 1. The van der Waals surface area contributed by atoms with Crippen molar-refractivity contribution in [3.63, 3.8) is 0 Å². The van der Waals surface area contributed by atoms with Gasteiger partial charge in [0.2, 0.25) is 5.91 Å². The highest BCUT2D eigenvalue weighted by molar-refractivity contribution is 6.39. The number of benzene rings is 2. The summed E-state index contributed by atoms with van der Waals surface area (Å²) in [5.41, 5.74) is 0.751. The van der Waals surface area contributed by atoms with Gasteiger partial charge in [-0.25, -0.2) is 9.69 Å². The summed E-state index contributed by atoms with van der Waals surface area (Å²) in [6.45, 7) is 0.760. The number of amides is 4. The molecule has 160 valence electrons. The van der Waals surface area contributed by atoms with Crippen molar-refractivity contribution < 1.29 is 14.4 Å². The Hall–Kier alpha value is -2.57. The second kappa shape index (κ2) is 7.53. The second-order valence-corrected chi connectivity index (χ2v) is 9.17. The Morgan fingerprint density at radius 2 is 1.77 bits per heavy atom. The van der Waals surface area contributed by atoms with E-state index in [0.29, 0.717) is 11.4 Å². The summed E-state index contributed by atoms with van der Waals surface area (Å²) in [6, 6.07) is 11.3. The van der Waals surface area contributed by atoms with Crippen LogP contribution >= 0.6 is 23.2 Å². The minimum atomic E-state index is -1.42. The molecule has 3 heterocycles. The Bertz CT molecular complexity index is 1110. The molecular formula is C23H21Cl2N3O3. The minimum Gasteiger partial charge on any atom is -0.367 e. The van der Waals surface area contributed by atoms with Gasteiger partial charge < -0.3 is 4.90 Å².